The molecule has 0 spiro atoms. The Morgan fingerprint density at radius 1 is 1.56 bits per heavy atom. The molecule has 0 amide bonds. The third-order valence-corrected chi connectivity index (χ3v) is 4.04. The van der Waals surface area contributed by atoms with Gasteiger partial charge in [-0.1, -0.05) is 13.8 Å². The quantitative estimate of drug-likeness (QED) is 0.878. The molecule has 2 N–H and O–H groups in total. The van der Waals surface area contributed by atoms with Crippen molar-refractivity contribution in [3.63, 3.8) is 0 Å². The second-order valence-corrected chi connectivity index (χ2v) is 6.77. The lowest BCUT2D eigenvalue weighted by molar-refractivity contribution is -0.143. The molecule has 0 aliphatic carbocycles. The molecule has 0 aliphatic rings. The van der Waals surface area contributed by atoms with E-state index in [1.54, 1.807) is 6.07 Å². The molecule has 0 aliphatic heterocycles. The van der Waals surface area contributed by atoms with E-state index in [1.807, 2.05) is 19.9 Å². The maximum atomic E-state index is 10.8. The van der Waals surface area contributed by atoms with E-state index in [4.69, 9.17) is 5.11 Å². The summed E-state index contributed by atoms with van der Waals surface area (Å²) in [5, 5.41) is 19.3. The lowest BCUT2D eigenvalue weighted by Gasteiger charge is -2.27. The topological polar surface area (TPSA) is 57.5 Å². The van der Waals surface area contributed by atoms with Gasteiger partial charge >= 0.3 is 5.97 Å². The monoisotopic (exact) mass is 306 g/mol. The Bertz CT molecular complexity index is 375. The van der Waals surface area contributed by atoms with E-state index in [0.29, 0.717) is 11.3 Å². The van der Waals surface area contributed by atoms with Crippen LogP contribution >= 0.6 is 27.3 Å². The van der Waals surface area contributed by atoms with Crippen LogP contribution in [0.1, 0.15) is 31.6 Å². The number of aliphatic hydroxyl groups is 1. The highest BCUT2D eigenvalue weighted by Crippen LogP contribution is 2.37. The predicted molar refractivity (Wildman–Crippen MR) is 67.6 cm³/mol. The largest absolute Gasteiger partial charge is 0.481 e. The maximum Gasteiger partial charge on any atom is 0.306 e. The van der Waals surface area contributed by atoms with Crippen molar-refractivity contribution in [2.75, 3.05) is 0 Å². The molecule has 1 atom stereocenters. The Morgan fingerprint density at radius 3 is 2.56 bits per heavy atom. The van der Waals surface area contributed by atoms with E-state index >= 15 is 0 Å². The van der Waals surface area contributed by atoms with Gasteiger partial charge < -0.3 is 10.2 Å². The van der Waals surface area contributed by atoms with Gasteiger partial charge in [-0.2, -0.15) is 0 Å². The van der Waals surface area contributed by atoms with E-state index in [1.165, 1.54) is 11.3 Å². The first-order chi connectivity index (χ1) is 7.33. The van der Waals surface area contributed by atoms with Crippen molar-refractivity contribution in [3.05, 3.63) is 20.8 Å². The van der Waals surface area contributed by atoms with Crippen LogP contribution in [0.3, 0.4) is 0 Å². The van der Waals surface area contributed by atoms with E-state index in [0.717, 1.165) is 3.79 Å². The lowest BCUT2D eigenvalue weighted by atomic mass is 9.88. The minimum Gasteiger partial charge on any atom is -0.481 e. The summed E-state index contributed by atoms with van der Waals surface area (Å²) in [5.74, 6) is -0.738. The Hall–Kier alpha value is -0.390. The molecular weight excluding hydrogens is 292 g/mol. The molecule has 1 aromatic rings. The van der Waals surface area contributed by atoms with Crippen LogP contribution in [0.25, 0.3) is 0 Å². The summed E-state index contributed by atoms with van der Waals surface area (Å²) in [5.41, 5.74) is -1.25. The minimum absolute atomic E-state index is 0.241. The standard InChI is InChI=1S/C11H15BrO3S/c1-7(2)5-11(15,6-10(13)14)8-3-4-9(12)16-8/h3-4,7,15H,5-6H2,1-2H3,(H,13,14). The molecule has 1 rings (SSSR count). The zero-order valence-electron chi connectivity index (χ0n) is 9.24. The summed E-state index contributed by atoms with van der Waals surface area (Å²) >= 11 is 4.70. The molecule has 0 fully saturated rings. The van der Waals surface area contributed by atoms with Crippen molar-refractivity contribution < 1.29 is 15.0 Å². The molecule has 90 valence electrons. The number of hydrogen-bond acceptors (Lipinski definition) is 3. The van der Waals surface area contributed by atoms with Crippen molar-refractivity contribution in [2.45, 2.75) is 32.3 Å². The molecule has 1 unspecified atom stereocenters. The van der Waals surface area contributed by atoms with Crippen molar-refractivity contribution in [2.24, 2.45) is 5.92 Å². The van der Waals surface area contributed by atoms with Gasteiger partial charge in [-0.15, -0.1) is 11.3 Å². The van der Waals surface area contributed by atoms with Gasteiger partial charge in [0.2, 0.25) is 0 Å². The van der Waals surface area contributed by atoms with Gasteiger partial charge in [0.1, 0.15) is 5.60 Å². The first-order valence-electron chi connectivity index (χ1n) is 5.03. The Morgan fingerprint density at radius 2 is 2.19 bits per heavy atom. The molecule has 0 saturated carbocycles. The summed E-state index contributed by atoms with van der Waals surface area (Å²) in [6.07, 6.45) is 0.199. The maximum absolute atomic E-state index is 10.8. The van der Waals surface area contributed by atoms with Crippen molar-refractivity contribution >= 4 is 33.2 Å². The molecule has 1 aromatic heterocycles. The minimum atomic E-state index is -1.25. The molecule has 16 heavy (non-hydrogen) atoms. The Balaban J connectivity index is 2.98. The number of carbonyl (C=O) groups is 1. The summed E-state index contributed by atoms with van der Waals surface area (Å²) in [6.45, 7) is 3.94. The second kappa shape index (κ2) is 5.29. The number of carboxylic acid groups (broad SMARTS) is 1. The van der Waals surface area contributed by atoms with Crippen LogP contribution in [0.5, 0.6) is 0 Å². The molecular formula is C11H15BrO3S. The van der Waals surface area contributed by atoms with Crippen LogP contribution in [-0.2, 0) is 10.4 Å². The van der Waals surface area contributed by atoms with Gasteiger partial charge in [-0.05, 0) is 40.4 Å². The molecule has 5 heteroatoms. The fraction of sp³-hybridized carbons (Fsp3) is 0.545. The van der Waals surface area contributed by atoms with Crippen molar-refractivity contribution in [3.8, 4) is 0 Å². The van der Waals surface area contributed by atoms with E-state index in [2.05, 4.69) is 15.9 Å². The first kappa shape index (κ1) is 13.7. The van der Waals surface area contributed by atoms with Gasteiger partial charge in [0, 0.05) is 4.88 Å². The van der Waals surface area contributed by atoms with Gasteiger partial charge in [-0.25, -0.2) is 0 Å². The summed E-state index contributed by atoms with van der Waals surface area (Å²) in [7, 11) is 0. The summed E-state index contributed by atoms with van der Waals surface area (Å²) in [4.78, 5) is 11.5. The van der Waals surface area contributed by atoms with Crippen LogP contribution < -0.4 is 0 Å². The molecule has 0 bridgehead atoms. The normalized spacial score (nSPS) is 15.1. The number of carboxylic acids is 1. The third kappa shape index (κ3) is 3.57. The zero-order valence-corrected chi connectivity index (χ0v) is 11.6. The highest BCUT2D eigenvalue weighted by atomic mass is 79.9. The molecule has 0 saturated heterocycles. The van der Waals surface area contributed by atoms with Gasteiger partial charge in [0.15, 0.2) is 0 Å². The van der Waals surface area contributed by atoms with Crippen molar-refractivity contribution in [1.29, 1.82) is 0 Å². The predicted octanol–water partition coefficient (Wildman–Crippen LogP) is 3.22. The van der Waals surface area contributed by atoms with Gasteiger partial charge in [-0.3, -0.25) is 4.79 Å². The number of halogens is 1. The Labute approximate surface area is 107 Å². The Kier molecular flexibility index (Phi) is 4.52. The van der Waals surface area contributed by atoms with E-state index in [9.17, 15) is 9.90 Å². The van der Waals surface area contributed by atoms with Crippen LogP contribution in [0.15, 0.2) is 15.9 Å². The second-order valence-electron chi connectivity index (χ2n) is 4.30. The lowest BCUT2D eigenvalue weighted by Crippen LogP contribution is -2.29. The molecule has 0 aromatic carbocycles. The third-order valence-electron chi connectivity index (χ3n) is 2.22. The average molecular weight is 307 g/mol. The van der Waals surface area contributed by atoms with Gasteiger partial charge in [0.25, 0.3) is 0 Å². The summed E-state index contributed by atoms with van der Waals surface area (Å²) in [6, 6.07) is 3.60. The smallest absolute Gasteiger partial charge is 0.306 e. The summed E-state index contributed by atoms with van der Waals surface area (Å²) < 4.78 is 0.898. The van der Waals surface area contributed by atoms with E-state index in [-0.39, 0.29) is 12.3 Å². The van der Waals surface area contributed by atoms with Crippen LogP contribution in [0.4, 0.5) is 0 Å². The number of hydrogen-bond donors (Lipinski definition) is 2. The van der Waals surface area contributed by atoms with E-state index < -0.39 is 11.6 Å². The average Bonchev–Trinajstić information content (AvgIpc) is 2.48. The van der Waals surface area contributed by atoms with Crippen LogP contribution in [-0.4, -0.2) is 16.2 Å². The number of aliphatic carboxylic acids is 1. The SMILES string of the molecule is CC(C)CC(O)(CC(=O)O)c1ccc(Br)s1. The van der Waals surface area contributed by atoms with Crippen molar-refractivity contribution in [1.82, 2.24) is 0 Å². The van der Waals surface area contributed by atoms with Crippen LogP contribution in [0, 0.1) is 5.92 Å². The molecule has 1 heterocycles. The zero-order chi connectivity index (χ0) is 12.3. The van der Waals surface area contributed by atoms with Crippen LogP contribution in [0.2, 0.25) is 0 Å². The molecule has 3 nitrogen and oxygen atoms in total. The fourth-order valence-electron chi connectivity index (χ4n) is 1.75. The van der Waals surface area contributed by atoms with Gasteiger partial charge in [0.05, 0.1) is 10.2 Å². The fourth-order valence-corrected chi connectivity index (χ4v) is 3.23. The number of rotatable bonds is 5. The number of thiophene rings is 1. The highest BCUT2D eigenvalue weighted by molar-refractivity contribution is 9.11. The molecule has 0 radical (unpaired) electrons. The first-order valence-corrected chi connectivity index (χ1v) is 6.64. The highest BCUT2D eigenvalue weighted by Gasteiger charge is 2.34.